The van der Waals surface area contributed by atoms with Crippen molar-refractivity contribution in [2.75, 3.05) is 38.6 Å². The van der Waals surface area contributed by atoms with Crippen LogP contribution in [0.3, 0.4) is 0 Å². The molecule has 0 atom stereocenters. The smallest absolute Gasteiger partial charge is 0.230 e. The number of ether oxygens (including phenoxy) is 1. The van der Waals surface area contributed by atoms with E-state index in [1.807, 2.05) is 0 Å². The van der Waals surface area contributed by atoms with Gasteiger partial charge in [0.05, 0.1) is 19.0 Å². The molecule has 2 aromatic rings. The van der Waals surface area contributed by atoms with Gasteiger partial charge in [0, 0.05) is 37.8 Å². The van der Waals surface area contributed by atoms with Crippen LogP contribution in [-0.4, -0.2) is 70.2 Å². The van der Waals surface area contributed by atoms with Gasteiger partial charge in [0.1, 0.15) is 5.82 Å². The van der Waals surface area contributed by atoms with Gasteiger partial charge in [-0.15, -0.1) is 10.2 Å². The molecule has 1 aromatic carbocycles. The lowest BCUT2D eigenvalue weighted by Gasteiger charge is -2.27. The summed E-state index contributed by atoms with van der Waals surface area (Å²) in [6.07, 6.45) is 4.97. The Bertz CT molecular complexity index is 911. The summed E-state index contributed by atoms with van der Waals surface area (Å²) in [6.45, 7) is 4.86. The predicted octanol–water partition coefficient (Wildman–Crippen LogP) is 2.81. The molecule has 7 nitrogen and oxygen atoms in total. The number of carbonyl (C=O) groups is 1. The number of rotatable bonds is 10. The molecule has 2 heterocycles. The summed E-state index contributed by atoms with van der Waals surface area (Å²) in [4.78, 5) is 15.0. The molecule has 0 spiro atoms. The van der Waals surface area contributed by atoms with Crippen molar-refractivity contribution in [2.45, 2.75) is 43.4 Å². The number of aromatic nitrogens is 3. The molecule has 2 saturated carbocycles. The van der Waals surface area contributed by atoms with Gasteiger partial charge in [-0.05, 0) is 61.8 Å². The molecule has 5 rings (SSSR count). The van der Waals surface area contributed by atoms with Gasteiger partial charge in [-0.1, -0.05) is 11.8 Å². The third-order valence-corrected chi connectivity index (χ3v) is 7.45. The highest BCUT2D eigenvalue weighted by molar-refractivity contribution is 7.99. The maximum Gasteiger partial charge on any atom is 0.230 e. The second kappa shape index (κ2) is 9.89. The Morgan fingerprint density at radius 2 is 1.78 bits per heavy atom. The molecule has 32 heavy (non-hydrogen) atoms. The highest BCUT2D eigenvalue weighted by Crippen LogP contribution is 2.44. The van der Waals surface area contributed by atoms with Crippen molar-refractivity contribution in [2.24, 2.45) is 11.8 Å². The second-order valence-electron chi connectivity index (χ2n) is 8.98. The average Bonchev–Trinajstić information content (AvgIpc) is 3.74. The molecule has 1 saturated heterocycles. The molecular weight excluding hydrogens is 429 g/mol. The zero-order valence-corrected chi connectivity index (χ0v) is 19.0. The predicted molar refractivity (Wildman–Crippen MR) is 121 cm³/mol. The number of halogens is 1. The zero-order chi connectivity index (χ0) is 21.9. The lowest BCUT2D eigenvalue weighted by Crippen LogP contribution is -2.39. The third kappa shape index (κ3) is 5.50. The van der Waals surface area contributed by atoms with E-state index in [-0.39, 0.29) is 11.7 Å². The molecule has 9 heteroatoms. The molecular formula is C23H30FN5O2S. The third-order valence-electron chi connectivity index (χ3n) is 6.48. The van der Waals surface area contributed by atoms with Crippen molar-refractivity contribution in [1.82, 2.24) is 25.0 Å². The Kier molecular flexibility index (Phi) is 6.75. The number of thioether (sulfide) groups is 1. The Labute approximate surface area is 192 Å². The minimum Gasteiger partial charge on any atom is -0.379 e. The first-order chi connectivity index (χ1) is 15.7. The summed E-state index contributed by atoms with van der Waals surface area (Å²) in [5.41, 5.74) is 0.819. The van der Waals surface area contributed by atoms with Crippen LogP contribution in [0.25, 0.3) is 11.4 Å². The van der Waals surface area contributed by atoms with E-state index in [2.05, 4.69) is 25.0 Å². The van der Waals surface area contributed by atoms with Crippen LogP contribution in [0.5, 0.6) is 0 Å². The maximum absolute atomic E-state index is 13.4. The van der Waals surface area contributed by atoms with E-state index in [9.17, 15) is 9.18 Å². The summed E-state index contributed by atoms with van der Waals surface area (Å²) in [5, 5.41) is 12.8. The topological polar surface area (TPSA) is 72.3 Å². The van der Waals surface area contributed by atoms with Crippen LogP contribution in [-0.2, 0) is 16.1 Å². The number of hydrogen-bond acceptors (Lipinski definition) is 6. The fourth-order valence-corrected chi connectivity index (χ4v) is 5.14. The van der Waals surface area contributed by atoms with Crippen LogP contribution in [0.15, 0.2) is 29.4 Å². The quantitative estimate of drug-likeness (QED) is 0.551. The molecule has 1 N–H and O–H groups in total. The SMILES string of the molecule is O=C(CSc1nnc(-c2ccc(F)cc2)n1CCN1CCOCC1)NC(C1CC1)C1CC1. The monoisotopic (exact) mass is 459 g/mol. The second-order valence-corrected chi connectivity index (χ2v) is 9.92. The number of amides is 1. The number of hydrogen-bond donors (Lipinski definition) is 1. The van der Waals surface area contributed by atoms with Gasteiger partial charge in [-0.25, -0.2) is 4.39 Å². The van der Waals surface area contributed by atoms with E-state index >= 15 is 0 Å². The average molecular weight is 460 g/mol. The lowest BCUT2D eigenvalue weighted by atomic mass is 10.1. The zero-order valence-electron chi connectivity index (χ0n) is 18.2. The Morgan fingerprint density at radius 3 is 2.44 bits per heavy atom. The minimum atomic E-state index is -0.278. The van der Waals surface area contributed by atoms with E-state index < -0.39 is 0 Å². The van der Waals surface area contributed by atoms with Crippen LogP contribution in [0.4, 0.5) is 4.39 Å². The van der Waals surface area contributed by atoms with Crippen molar-refractivity contribution in [3.8, 4) is 11.4 Å². The van der Waals surface area contributed by atoms with E-state index in [0.717, 1.165) is 43.6 Å². The van der Waals surface area contributed by atoms with Crippen LogP contribution in [0.1, 0.15) is 25.7 Å². The molecule has 1 amide bonds. The highest BCUT2D eigenvalue weighted by atomic mass is 32.2. The molecule has 0 unspecified atom stereocenters. The summed E-state index contributed by atoms with van der Waals surface area (Å²) < 4.78 is 20.9. The van der Waals surface area contributed by atoms with Gasteiger partial charge in [-0.3, -0.25) is 9.69 Å². The van der Waals surface area contributed by atoms with Crippen molar-refractivity contribution < 1.29 is 13.9 Å². The standard InChI is InChI=1S/C23H30FN5O2S/c24-19-7-5-18(6-8-19)22-26-27-23(29(22)10-9-28-11-13-31-14-12-28)32-15-20(30)25-21(16-1-2-16)17-3-4-17/h5-8,16-17,21H,1-4,9-15H2,(H,25,30). The largest absolute Gasteiger partial charge is 0.379 e. The van der Waals surface area contributed by atoms with Gasteiger partial charge in [-0.2, -0.15) is 0 Å². The van der Waals surface area contributed by atoms with E-state index in [1.54, 1.807) is 12.1 Å². The molecule has 1 aromatic heterocycles. The normalized spacial score (nSPS) is 19.4. The van der Waals surface area contributed by atoms with Gasteiger partial charge in [0.15, 0.2) is 11.0 Å². The van der Waals surface area contributed by atoms with E-state index in [1.165, 1.54) is 49.6 Å². The Hall–Kier alpha value is -1.97. The van der Waals surface area contributed by atoms with Crippen LogP contribution < -0.4 is 5.32 Å². The fraction of sp³-hybridized carbons (Fsp3) is 0.609. The van der Waals surface area contributed by atoms with Gasteiger partial charge >= 0.3 is 0 Å². The van der Waals surface area contributed by atoms with Crippen LogP contribution in [0.2, 0.25) is 0 Å². The van der Waals surface area contributed by atoms with Crippen LogP contribution in [0, 0.1) is 17.7 Å². The first kappa shape index (κ1) is 21.9. The molecule has 1 aliphatic heterocycles. The summed E-state index contributed by atoms with van der Waals surface area (Å²) in [7, 11) is 0. The number of morpholine rings is 1. The van der Waals surface area contributed by atoms with Crippen LogP contribution >= 0.6 is 11.8 Å². The summed E-state index contributed by atoms with van der Waals surface area (Å²) in [6, 6.07) is 6.68. The first-order valence-corrected chi connectivity index (χ1v) is 12.6. The number of carbonyl (C=O) groups excluding carboxylic acids is 1. The van der Waals surface area contributed by atoms with Gasteiger partial charge in [0.2, 0.25) is 5.91 Å². The van der Waals surface area contributed by atoms with Gasteiger partial charge < -0.3 is 14.6 Å². The highest BCUT2D eigenvalue weighted by Gasteiger charge is 2.42. The fourth-order valence-electron chi connectivity index (χ4n) is 4.36. The molecule has 3 aliphatic rings. The van der Waals surface area contributed by atoms with Crippen molar-refractivity contribution >= 4 is 17.7 Å². The summed E-state index contributed by atoms with van der Waals surface area (Å²) >= 11 is 1.43. The van der Waals surface area contributed by atoms with Crippen molar-refractivity contribution in [3.05, 3.63) is 30.1 Å². The van der Waals surface area contributed by atoms with E-state index in [0.29, 0.717) is 36.0 Å². The number of benzene rings is 1. The van der Waals surface area contributed by atoms with Crippen molar-refractivity contribution in [3.63, 3.8) is 0 Å². The number of nitrogens with zero attached hydrogens (tertiary/aromatic N) is 4. The Morgan fingerprint density at radius 1 is 1.09 bits per heavy atom. The molecule has 0 bridgehead atoms. The first-order valence-electron chi connectivity index (χ1n) is 11.6. The molecule has 3 fully saturated rings. The minimum absolute atomic E-state index is 0.0739. The van der Waals surface area contributed by atoms with Crippen molar-refractivity contribution in [1.29, 1.82) is 0 Å². The number of nitrogens with one attached hydrogen (secondary N) is 1. The van der Waals surface area contributed by atoms with Gasteiger partial charge in [0.25, 0.3) is 0 Å². The molecule has 2 aliphatic carbocycles. The molecule has 172 valence electrons. The summed E-state index contributed by atoms with van der Waals surface area (Å²) in [5.74, 6) is 2.19. The van der Waals surface area contributed by atoms with E-state index in [4.69, 9.17) is 4.74 Å². The lowest BCUT2D eigenvalue weighted by molar-refractivity contribution is -0.119. The maximum atomic E-state index is 13.4. The molecule has 0 radical (unpaired) electrons. The Balaban J connectivity index is 1.26.